The normalized spacial score (nSPS) is 19.2. The maximum absolute atomic E-state index is 11.8. The van der Waals surface area contributed by atoms with E-state index in [2.05, 4.69) is 19.2 Å². The number of nitrogens with zero attached hydrogens (tertiary/aromatic N) is 1. The van der Waals surface area contributed by atoms with Crippen molar-refractivity contribution in [1.82, 2.24) is 4.90 Å². The van der Waals surface area contributed by atoms with Gasteiger partial charge in [0, 0.05) is 18.3 Å². The average molecular weight is 371 g/mol. The van der Waals surface area contributed by atoms with Gasteiger partial charge in [-0.15, -0.1) is 0 Å². The third-order valence-corrected chi connectivity index (χ3v) is 5.98. The van der Waals surface area contributed by atoms with E-state index in [9.17, 15) is 8.42 Å². The lowest BCUT2D eigenvalue weighted by molar-refractivity contribution is 0.303. The standard InChI is InChI=1S/C17H26N2O3S2/c1-4-22-16-7-5-14(6-8-16)18-17(23)19(11-13(2)3)15-9-10-24(20,21)12-15/h5-8,13,15H,4,9-12H2,1-3H3,(H,18,23)/t15-/m0/s1. The summed E-state index contributed by atoms with van der Waals surface area (Å²) in [6.45, 7) is 7.53. The maximum Gasteiger partial charge on any atom is 0.173 e. The van der Waals surface area contributed by atoms with Gasteiger partial charge < -0.3 is 15.0 Å². The van der Waals surface area contributed by atoms with Crippen molar-refractivity contribution >= 4 is 32.9 Å². The van der Waals surface area contributed by atoms with Crippen LogP contribution in [0.4, 0.5) is 5.69 Å². The SMILES string of the molecule is CCOc1ccc(NC(=S)N(CC(C)C)[C@H]2CCS(=O)(=O)C2)cc1. The molecule has 7 heteroatoms. The molecule has 134 valence electrons. The predicted octanol–water partition coefficient (Wildman–Crippen LogP) is 2.93. The van der Waals surface area contributed by atoms with Crippen molar-refractivity contribution in [3.63, 3.8) is 0 Å². The second-order valence-corrected chi connectivity index (χ2v) is 9.11. The van der Waals surface area contributed by atoms with Crippen LogP contribution in [0.15, 0.2) is 24.3 Å². The molecule has 1 aliphatic heterocycles. The first-order chi connectivity index (χ1) is 11.3. The first-order valence-corrected chi connectivity index (χ1v) is 10.5. The van der Waals surface area contributed by atoms with Crippen molar-refractivity contribution in [3.05, 3.63) is 24.3 Å². The van der Waals surface area contributed by atoms with Crippen molar-refractivity contribution in [2.24, 2.45) is 5.92 Å². The van der Waals surface area contributed by atoms with E-state index in [1.807, 2.05) is 36.1 Å². The molecule has 0 aromatic heterocycles. The van der Waals surface area contributed by atoms with Gasteiger partial charge in [0.1, 0.15) is 5.75 Å². The summed E-state index contributed by atoms with van der Waals surface area (Å²) in [7, 11) is -2.94. The highest BCUT2D eigenvalue weighted by atomic mass is 32.2. The Bertz CT molecular complexity index is 657. The number of hydrogen-bond donors (Lipinski definition) is 1. The Balaban J connectivity index is 2.07. The molecule has 0 bridgehead atoms. The minimum absolute atomic E-state index is 0.0416. The second kappa shape index (κ2) is 8.16. The van der Waals surface area contributed by atoms with Crippen molar-refractivity contribution in [1.29, 1.82) is 0 Å². The molecule has 0 radical (unpaired) electrons. The fraction of sp³-hybridized carbons (Fsp3) is 0.588. The Kier molecular flexibility index (Phi) is 6.46. The summed E-state index contributed by atoms with van der Waals surface area (Å²) in [5, 5.41) is 3.81. The van der Waals surface area contributed by atoms with Gasteiger partial charge in [-0.3, -0.25) is 0 Å². The van der Waals surface area contributed by atoms with E-state index in [0.29, 0.717) is 24.1 Å². The minimum Gasteiger partial charge on any atom is -0.494 e. The molecular weight excluding hydrogens is 344 g/mol. The van der Waals surface area contributed by atoms with E-state index in [1.165, 1.54) is 0 Å². The van der Waals surface area contributed by atoms with Crippen LogP contribution in [0.3, 0.4) is 0 Å². The molecule has 0 unspecified atom stereocenters. The van der Waals surface area contributed by atoms with Gasteiger partial charge in [-0.1, -0.05) is 13.8 Å². The van der Waals surface area contributed by atoms with Crippen molar-refractivity contribution < 1.29 is 13.2 Å². The molecule has 24 heavy (non-hydrogen) atoms. The lowest BCUT2D eigenvalue weighted by Gasteiger charge is -2.32. The van der Waals surface area contributed by atoms with Gasteiger partial charge in [-0.25, -0.2) is 8.42 Å². The maximum atomic E-state index is 11.8. The summed E-state index contributed by atoms with van der Waals surface area (Å²) in [4.78, 5) is 2.03. The van der Waals surface area contributed by atoms with Gasteiger partial charge in [0.2, 0.25) is 0 Å². The summed E-state index contributed by atoms with van der Waals surface area (Å²) in [6, 6.07) is 7.56. The lowest BCUT2D eigenvalue weighted by Crippen LogP contribution is -2.45. The largest absolute Gasteiger partial charge is 0.494 e. The molecule has 0 saturated carbocycles. The van der Waals surface area contributed by atoms with Crippen LogP contribution in [0, 0.1) is 5.92 Å². The molecule has 0 aliphatic carbocycles. The van der Waals surface area contributed by atoms with Gasteiger partial charge in [0.15, 0.2) is 14.9 Å². The number of hydrogen-bond acceptors (Lipinski definition) is 4. The number of nitrogens with one attached hydrogen (secondary N) is 1. The Labute approximate surface area is 150 Å². The van der Waals surface area contributed by atoms with Crippen LogP contribution in [0.1, 0.15) is 27.2 Å². The van der Waals surface area contributed by atoms with E-state index in [4.69, 9.17) is 17.0 Å². The molecule has 1 fully saturated rings. The first-order valence-electron chi connectivity index (χ1n) is 8.31. The molecule has 1 heterocycles. The van der Waals surface area contributed by atoms with Crippen LogP contribution in [-0.4, -0.2) is 49.1 Å². The summed E-state index contributed by atoms with van der Waals surface area (Å²) < 4.78 is 29.0. The number of thiocarbonyl (C=S) groups is 1. The van der Waals surface area contributed by atoms with Crippen molar-refractivity contribution in [2.45, 2.75) is 33.2 Å². The Hall–Kier alpha value is -1.34. The molecule has 1 aromatic rings. The third kappa shape index (κ3) is 5.34. The van der Waals surface area contributed by atoms with Gasteiger partial charge in [0.25, 0.3) is 0 Å². The van der Waals surface area contributed by atoms with E-state index in [-0.39, 0.29) is 17.5 Å². The predicted molar refractivity (Wildman–Crippen MR) is 102 cm³/mol. The quantitative estimate of drug-likeness (QED) is 0.777. The van der Waals surface area contributed by atoms with E-state index in [1.54, 1.807) is 0 Å². The molecule has 0 amide bonds. The van der Waals surface area contributed by atoms with Crippen LogP contribution in [0.2, 0.25) is 0 Å². The Morgan fingerprint density at radius 2 is 2.04 bits per heavy atom. The van der Waals surface area contributed by atoms with Crippen LogP contribution < -0.4 is 10.1 Å². The smallest absolute Gasteiger partial charge is 0.173 e. The molecular formula is C17H26N2O3S2. The summed E-state index contributed by atoms with van der Waals surface area (Å²) in [5.74, 6) is 1.64. The molecule has 1 atom stereocenters. The molecule has 5 nitrogen and oxygen atoms in total. The summed E-state index contributed by atoms with van der Waals surface area (Å²) >= 11 is 5.56. The topological polar surface area (TPSA) is 58.6 Å². The average Bonchev–Trinajstić information content (AvgIpc) is 2.86. The zero-order valence-corrected chi connectivity index (χ0v) is 16.1. The number of ether oxygens (including phenoxy) is 1. The fourth-order valence-corrected chi connectivity index (χ4v) is 4.88. The molecule has 1 saturated heterocycles. The second-order valence-electron chi connectivity index (χ2n) is 6.49. The van der Waals surface area contributed by atoms with Crippen molar-refractivity contribution in [2.75, 3.05) is 30.0 Å². The molecule has 2 rings (SSSR count). The van der Waals surface area contributed by atoms with E-state index < -0.39 is 9.84 Å². The molecule has 1 aliphatic rings. The van der Waals surface area contributed by atoms with Gasteiger partial charge in [-0.05, 0) is 55.7 Å². The van der Waals surface area contributed by atoms with Gasteiger partial charge >= 0.3 is 0 Å². The highest BCUT2D eigenvalue weighted by Crippen LogP contribution is 2.21. The summed E-state index contributed by atoms with van der Waals surface area (Å²) in [6.07, 6.45) is 0.639. The Morgan fingerprint density at radius 1 is 1.38 bits per heavy atom. The van der Waals surface area contributed by atoms with Gasteiger partial charge in [0.05, 0.1) is 18.1 Å². The third-order valence-electron chi connectivity index (χ3n) is 3.89. The van der Waals surface area contributed by atoms with E-state index in [0.717, 1.165) is 18.0 Å². The lowest BCUT2D eigenvalue weighted by atomic mass is 10.1. The number of rotatable bonds is 6. The minimum atomic E-state index is -2.94. The molecule has 0 spiro atoms. The zero-order chi connectivity index (χ0) is 17.7. The van der Waals surface area contributed by atoms with Gasteiger partial charge in [-0.2, -0.15) is 0 Å². The van der Waals surface area contributed by atoms with E-state index >= 15 is 0 Å². The van der Waals surface area contributed by atoms with Crippen LogP contribution >= 0.6 is 12.2 Å². The molecule has 1 N–H and O–H groups in total. The monoisotopic (exact) mass is 370 g/mol. The highest BCUT2D eigenvalue weighted by Gasteiger charge is 2.33. The van der Waals surface area contributed by atoms with Crippen LogP contribution in [0.25, 0.3) is 0 Å². The van der Waals surface area contributed by atoms with Crippen LogP contribution in [-0.2, 0) is 9.84 Å². The van der Waals surface area contributed by atoms with Crippen molar-refractivity contribution in [3.8, 4) is 5.75 Å². The Morgan fingerprint density at radius 3 is 2.54 bits per heavy atom. The number of benzene rings is 1. The fourth-order valence-electron chi connectivity index (χ4n) is 2.81. The molecule has 1 aromatic carbocycles. The number of anilines is 1. The zero-order valence-electron chi connectivity index (χ0n) is 14.5. The number of sulfone groups is 1. The summed E-state index contributed by atoms with van der Waals surface area (Å²) in [5.41, 5.74) is 0.873. The first kappa shape index (κ1) is 19.0. The van der Waals surface area contributed by atoms with Crippen LogP contribution in [0.5, 0.6) is 5.75 Å². The highest BCUT2D eigenvalue weighted by molar-refractivity contribution is 7.91.